The van der Waals surface area contributed by atoms with E-state index in [9.17, 15) is 9.90 Å². The van der Waals surface area contributed by atoms with Gasteiger partial charge in [0.25, 0.3) is 0 Å². The fraction of sp³-hybridized carbons (Fsp3) is 0.214. The molecule has 0 saturated carbocycles. The van der Waals surface area contributed by atoms with Gasteiger partial charge in [-0.2, -0.15) is 0 Å². The average Bonchev–Trinajstić information content (AvgIpc) is 2.76. The molecule has 0 unspecified atom stereocenters. The lowest BCUT2D eigenvalue weighted by atomic mass is 10.0. The summed E-state index contributed by atoms with van der Waals surface area (Å²) in [5.41, 5.74) is 1.68. The topological polar surface area (TPSA) is 59.7 Å². The van der Waals surface area contributed by atoms with Crippen molar-refractivity contribution in [3.8, 4) is 11.5 Å². The zero-order chi connectivity index (χ0) is 12.9. The highest BCUT2D eigenvalue weighted by Gasteiger charge is 2.29. The third-order valence-electron chi connectivity index (χ3n) is 3.14. The second kappa shape index (κ2) is 3.63. The van der Waals surface area contributed by atoms with Gasteiger partial charge < -0.3 is 14.3 Å². The molecule has 2 heterocycles. The summed E-state index contributed by atoms with van der Waals surface area (Å²) in [6.45, 7) is 5.72. The highest BCUT2D eigenvalue weighted by atomic mass is 16.5. The maximum atomic E-state index is 11.3. The minimum Gasteiger partial charge on any atom is -0.504 e. The van der Waals surface area contributed by atoms with Crippen molar-refractivity contribution in [3.63, 3.8) is 0 Å². The molecule has 3 rings (SSSR count). The van der Waals surface area contributed by atoms with E-state index >= 15 is 0 Å². The Labute approximate surface area is 103 Å². The number of benzene rings is 1. The second-order valence-electron chi connectivity index (χ2n) is 4.53. The van der Waals surface area contributed by atoms with Crippen LogP contribution in [0.5, 0.6) is 11.5 Å². The van der Waals surface area contributed by atoms with Gasteiger partial charge in [0.1, 0.15) is 11.7 Å². The molecule has 0 spiro atoms. The van der Waals surface area contributed by atoms with Crippen molar-refractivity contribution >= 4 is 11.0 Å². The molecule has 18 heavy (non-hydrogen) atoms. The molecule has 0 saturated heterocycles. The van der Waals surface area contributed by atoms with E-state index in [4.69, 9.17) is 9.15 Å². The Bertz CT molecular complexity index is 712. The van der Waals surface area contributed by atoms with Gasteiger partial charge in [-0.25, -0.2) is 4.79 Å². The molecule has 1 aliphatic heterocycles. The molecule has 0 fully saturated rings. The molecular weight excluding hydrogens is 232 g/mol. The molecular formula is C14H12O4. The Morgan fingerprint density at radius 3 is 3.00 bits per heavy atom. The molecule has 0 aliphatic carbocycles. The molecule has 0 radical (unpaired) electrons. The molecule has 2 aromatic rings. The van der Waals surface area contributed by atoms with Crippen molar-refractivity contribution in [2.45, 2.75) is 19.4 Å². The first-order valence-corrected chi connectivity index (χ1v) is 5.67. The second-order valence-corrected chi connectivity index (χ2v) is 4.53. The van der Waals surface area contributed by atoms with Crippen LogP contribution in [-0.4, -0.2) is 11.2 Å². The van der Waals surface area contributed by atoms with E-state index in [1.807, 2.05) is 6.92 Å². The van der Waals surface area contributed by atoms with Gasteiger partial charge in [-0.1, -0.05) is 6.58 Å². The minimum atomic E-state index is -0.408. The summed E-state index contributed by atoms with van der Waals surface area (Å²) in [4.78, 5) is 11.3. The van der Waals surface area contributed by atoms with Crippen LogP contribution in [0, 0.1) is 0 Å². The molecule has 1 aromatic carbocycles. The van der Waals surface area contributed by atoms with Gasteiger partial charge in [0, 0.05) is 23.4 Å². The maximum Gasteiger partial charge on any atom is 0.336 e. The largest absolute Gasteiger partial charge is 0.504 e. The molecule has 92 valence electrons. The lowest BCUT2D eigenvalue weighted by Crippen LogP contribution is -2.13. The zero-order valence-electron chi connectivity index (χ0n) is 9.90. The quantitative estimate of drug-likeness (QED) is 0.618. The molecule has 1 N–H and O–H groups in total. The van der Waals surface area contributed by atoms with Gasteiger partial charge in [-0.3, -0.25) is 0 Å². The standard InChI is InChI=1S/C14H12O4/c1-7(2)11-6-9-13-8(3-4-12(16)18-13)5-10(15)14(9)17-11/h3-5,11,15H,1,6H2,2H3/t11-/m1/s1. The summed E-state index contributed by atoms with van der Waals surface area (Å²) < 4.78 is 10.8. The van der Waals surface area contributed by atoms with E-state index < -0.39 is 5.63 Å². The third kappa shape index (κ3) is 1.49. The van der Waals surface area contributed by atoms with Gasteiger partial charge in [0.05, 0.1) is 0 Å². The van der Waals surface area contributed by atoms with Crippen LogP contribution in [0.2, 0.25) is 0 Å². The van der Waals surface area contributed by atoms with E-state index in [-0.39, 0.29) is 11.9 Å². The lowest BCUT2D eigenvalue weighted by Gasteiger charge is -2.09. The average molecular weight is 244 g/mol. The maximum absolute atomic E-state index is 11.3. The number of phenolic OH excluding ortho intramolecular Hbond substituents is 1. The molecule has 0 bridgehead atoms. The van der Waals surface area contributed by atoms with Crippen LogP contribution in [0.4, 0.5) is 0 Å². The van der Waals surface area contributed by atoms with Crippen LogP contribution in [0.3, 0.4) is 0 Å². The summed E-state index contributed by atoms with van der Waals surface area (Å²) in [5, 5.41) is 10.6. The Kier molecular flexibility index (Phi) is 2.20. The van der Waals surface area contributed by atoms with Gasteiger partial charge in [-0.15, -0.1) is 0 Å². The van der Waals surface area contributed by atoms with Gasteiger partial charge >= 0.3 is 5.63 Å². The van der Waals surface area contributed by atoms with Crippen LogP contribution < -0.4 is 10.4 Å². The Balaban J connectivity index is 2.28. The number of aromatic hydroxyl groups is 1. The summed E-state index contributed by atoms with van der Waals surface area (Å²) in [6.07, 6.45) is 0.379. The minimum absolute atomic E-state index is 0.0649. The summed E-state index contributed by atoms with van der Waals surface area (Å²) in [6, 6.07) is 4.51. The Morgan fingerprint density at radius 1 is 1.50 bits per heavy atom. The van der Waals surface area contributed by atoms with Gasteiger partial charge in [0.15, 0.2) is 11.5 Å². The number of fused-ring (bicyclic) bond motifs is 3. The predicted octanol–water partition coefficient (Wildman–Crippen LogP) is 2.38. The SMILES string of the molecule is C=C(C)[C@H]1Cc2c(c(O)cc3ccc(=O)oc23)O1. The monoisotopic (exact) mass is 244 g/mol. The van der Waals surface area contributed by atoms with Crippen LogP contribution in [-0.2, 0) is 6.42 Å². The van der Waals surface area contributed by atoms with Gasteiger partial charge in [-0.05, 0) is 24.6 Å². The van der Waals surface area contributed by atoms with Crippen LogP contribution in [0.25, 0.3) is 11.0 Å². The van der Waals surface area contributed by atoms with Crippen molar-refractivity contribution in [3.05, 3.63) is 46.3 Å². The van der Waals surface area contributed by atoms with Crippen molar-refractivity contribution < 1.29 is 14.3 Å². The smallest absolute Gasteiger partial charge is 0.336 e. The number of rotatable bonds is 1. The Hall–Kier alpha value is -2.23. The van der Waals surface area contributed by atoms with E-state index in [1.54, 1.807) is 6.07 Å². The molecule has 1 aliphatic rings. The highest BCUT2D eigenvalue weighted by Crippen LogP contribution is 2.42. The lowest BCUT2D eigenvalue weighted by molar-refractivity contribution is 0.260. The molecule has 1 aromatic heterocycles. The molecule has 1 atom stereocenters. The van der Waals surface area contributed by atoms with Crippen LogP contribution in [0.15, 0.2) is 39.6 Å². The molecule has 4 nitrogen and oxygen atoms in total. The van der Waals surface area contributed by atoms with Crippen molar-refractivity contribution in [2.75, 3.05) is 0 Å². The molecule has 4 heteroatoms. The van der Waals surface area contributed by atoms with Crippen molar-refractivity contribution in [2.24, 2.45) is 0 Å². The van der Waals surface area contributed by atoms with Gasteiger partial charge in [0.2, 0.25) is 0 Å². The molecule has 0 amide bonds. The first kappa shape index (κ1) is 10.9. The number of hydrogen-bond donors (Lipinski definition) is 1. The number of hydrogen-bond acceptors (Lipinski definition) is 4. The summed E-state index contributed by atoms with van der Waals surface area (Å²) >= 11 is 0. The van der Waals surface area contributed by atoms with E-state index in [0.29, 0.717) is 23.1 Å². The van der Waals surface area contributed by atoms with Crippen LogP contribution >= 0.6 is 0 Å². The van der Waals surface area contributed by atoms with E-state index in [0.717, 1.165) is 11.1 Å². The third-order valence-corrected chi connectivity index (χ3v) is 3.14. The number of ether oxygens (including phenoxy) is 1. The van der Waals surface area contributed by atoms with Crippen molar-refractivity contribution in [1.82, 2.24) is 0 Å². The fourth-order valence-electron chi connectivity index (χ4n) is 2.21. The van der Waals surface area contributed by atoms with Crippen molar-refractivity contribution in [1.29, 1.82) is 0 Å². The Morgan fingerprint density at radius 2 is 2.28 bits per heavy atom. The highest BCUT2D eigenvalue weighted by molar-refractivity contribution is 5.85. The zero-order valence-corrected chi connectivity index (χ0v) is 9.90. The number of phenols is 1. The normalized spacial score (nSPS) is 17.5. The first-order valence-electron chi connectivity index (χ1n) is 5.67. The predicted molar refractivity (Wildman–Crippen MR) is 67.1 cm³/mol. The van der Waals surface area contributed by atoms with Crippen LogP contribution in [0.1, 0.15) is 12.5 Å². The fourth-order valence-corrected chi connectivity index (χ4v) is 2.21. The van der Waals surface area contributed by atoms with E-state index in [1.165, 1.54) is 12.1 Å². The van der Waals surface area contributed by atoms with E-state index in [2.05, 4.69) is 6.58 Å². The first-order chi connectivity index (χ1) is 8.56. The summed E-state index contributed by atoms with van der Waals surface area (Å²) in [5.74, 6) is 0.458. The summed E-state index contributed by atoms with van der Waals surface area (Å²) in [7, 11) is 0.